The largest absolute Gasteiger partial charge is 0.270 e. The van der Waals surface area contributed by atoms with Crippen LogP contribution in [0.4, 0.5) is 5.69 Å². The van der Waals surface area contributed by atoms with E-state index in [1.165, 1.54) is 11.8 Å². The lowest BCUT2D eigenvalue weighted by Gasteiger charge is -2.13. The van der Waals surface area contributed by atoms with E-state index in [0.29, 0.717) is 9.23 Å². The van der Waals surface area contributed by atoms with Crippen molar-refractivity contribution in [2.24, 2.45) is 0 Å². The second kappa shape index (κ2) is 5.84. The van der Waals surface area contributed by atoms with Crippen molar-refractivity contribution >= 4 is 46.0 Å². The van der Waals surface area contributed by atoms with Crippen LogP contribution in [0.5, 0.6) is 0 Å². The highest BCUT2D eigenvalue weighted by molar-refractivity contribution is 8.27. The molecule has 0 aliphatic carbocycles. The van der Waals surface area contributed by atoms with Crippen LogP contribution < -0.4 is 4.90 Å². The predicted molar refractivity (Wildman–Crippen MR) is 93.3 cm³/mol. The monoisotopic (exact) mass is 311 g/mol. The van der Waals surface area contributed by atoms with E-state index >= 15 is 0 Å². The lowest BCUT2D eigenvalue weighted by atomic mass is 10.1. The molecular weight excluding hydrogens is 298 g/mol. The van der Waals surface area contributed by atoms with Crippen molar-refractivity contribution in [3.05, 3.63) is 70.6 Å². The zero-order valence-electron chi connectivity index (χ0n) is 11.4. The maximum absolute atomic E-state index is 12.6. The summed E-state index contributed by atoms with van der Waals surface area (Å²) < 4.78 is 0.575. The van der Waals surface area contributed by atoms with Crippen molar-refractivity contribution in [1.82, 2.24) is 0 Å². The molecule has 1 saturated heterocycles. The number of para-hydroxylation sites is 1. The molecule has 0 saturated carbocycles. The van der Waals surface area contributed by atoms with Crippen LogP contribution in [0.25, 0.3) is 6.08 Å². The minimum atomic E-state index is -0.0561. The third-order valence-electron chi connectivity index (χ3n) is 3.28. The maximum atomic E-state index is 12.6. The summed E-state index contributed by atoms with van der Waals surface area (Å²) in [6.45, 7) is 2.03. The summed E-state index contributed by atoms with van der Waals surface area (Å²) in [5.41, 5.74) is 3.00. The van der Waals surface area contributed by atoms with E-state index in [2.05, 4.69) is 0 Å². The number of nitrogens with zero attached hydrogens (tertiary/aromatic N) is 1. The third-order valence-corrected chi connectivity index (χ3v) is 4.59. The van der Waals surface area contributed by atoms with E-state index in [1.807, 2.05) is 67.6 Å². The standard InChI is InChI=1S/C17H13NOS2/c1-12-7-5-6-8-13(12)11-15-16(19)18(17(20)21-15)14-9-3-2-4-10-14/h2-11H,1H3/b15-11-. The molecule has 0 unspecified atom stereocenters. The number of rotatable bonds is 2. The number of hydrogen-bond acceptors (Lipinski definition) is 3. The summed E-state index contributed by atoms with van der Waals surface area (Å²) in [6.07, 6.45) is 1.91. The van der Waals surface area contributed by atoms with Gasteiger partial charge in [-0.1, -0.05) is 66.4 Å². The molecule has 3 rings (SSSR count). The Hall–Kier alpha value is -1.91. The van der Waals surface area contributed by atoms with Crippen molar-refractivity contribution in [3.8, 4) is 0 Å². The Labute approximate surface area is 133 Å². The van der Waals surface area contributed by atoms with Gasteiger partial charge in [0.2, 0.25) is 0 Å². The summed E-state index contributed by atoms with van der Waals surface area (Å²) in [6, 6.07) is 17.5. The topological polar surface area (TPSA) is 20.3 Å². The molecule has 2 aromatic rings. The van der Waals surface area contributed by atoms with Gasteiger partial charge in [-0.15, -0.1) is 0 Å². The van der Waals surface area contributed by atoms with Crippen LogP contribution in [0.3, 0.4) is 0 Å². The van der Waals surface area contributed by atoms with Crippen molar-refractivity contribution in [3.63, 3.8) is 0 Å². The van der Waals surface area contributed by atoms with Gasteiger partial charge in [-0.25, -0.2) is 0 Å². The van der Waals surface area contributed by atoms with Crippen molar-refractivity contribution < 1.29 is 4.79 Å². The van der Waals surface area contributed by atoms with E-state index < -0.39 is 0 Å². The highest BCUT2D eigenvalue weighted by Crippen LogP contribution is 2.36. The maximum Gasteiger partial charge on any atom is 0.270 e. The number of aryl methyl sites for hydroxylation is 1. The number of hydrogen-bond donors (Lipinski definition) is 0. The molecule has 1 fully saturated rings. The zero-order chi connectivity index (χ0) is 14.8. The molecule has 4 heteroatoms. The van der Waals surface area contributed by atoms with E-state index in [9.17, 15) is 4.79 Å². The van der Waals surface area contributed by atoms with Gasteiger partial charge >= 0.3 is 0 Å². The van der Waals surface area contributed by atoms with Crippen molar-refractivity contribution in [2.45, 2.75) is 6.92 Å². The summed E-state index contributed by atoms with van der Waals surface area (Å²) in [5, 5.41) is 0. The SMILES string of the molecule is Cc1ccccc1/C=C1\SC(=S)N(c2ccccc2)C1=O. The quantitative estimate of drug-likeness (QED) is 0.605. The fourth-order valence-corrected chi connectivity index (χ4v) is 3.45. The lowest BCUT2D eigenvalue weighted by Crippen LogP contribution is -2.27. The van der Waals surface area contributed by atoms with Crippen LogP contribution in [0.2, 0.25) is 0 Å². The first-order chi connectivity index (χ1) is 10.2. The highest BCUT2D eigenvalue weighted by atomic mass is 32.2. The van der Waals surface area contributed by atoms with Gasteiger partial charge in [0.05, 0.1) is 10.6 Å². The van der Waals surface area contributed by atoms with Crippen molar-refractivity contribution in [1.29, 1.82) is 0 Å². The lowest BCUT2D eigenvalue weighted by molar-refractivity contribution is -0.113. The van der Waals surface area contributed by atoms with E-state index in [1.54, 1.807) is 4.90 Å². The van der Waals surface area contributed by atoms with Crippen LogP contribution in [0.15, 0.2) is 59.5 Å². The van der Waals surface area contributed by atoms with Crippen LogP contribution >= 0.6 is 24.0 Å². The van der Waals surface area contributed by atoms with E-state index in [4.69, 9.17) is 12.2 Å². The summed E-state index contributed by atoms with van der Waals surface area (Å²) in [4.78, 5) is 14.8. The normalized spacial score (nSPS) is 16.8. The Balaban J connectivity index is 1.96. The molecule has 0 atom stereocenters. The molecule has 0 spiro atoms. The molecule has 0 aromatic heterocycles. The van der Waals surface area contributed by atoms with Crippen LogP contribution in [-0.4, -0.2) is 10.2 Å². The Kier molecular flexibility index (Phi) is 3.90. The van der Waals surface area contributed by atoms with Gasteiger partial charge in [0, 0.05) is 0 Å². The molecule has 104 valence electrons. The summed E-state index contributed by atoms with van der Waals surface area (Å²) in [5.74, 6) is -0.0561. The van der Waals surface area contributed by atoms with Gasteiger partial charge in [0.1, 0.15) is 0 Å². The molecule has 1 amide bonds. The number of thioether (sulfide) groups is 1. The minimum Gasteiger partial charge on any atom is -0.268 e. The number of carbonyl (C=O) groups excluding carboxylic acids is 1. The van der Waals surface area contributed by atoms with Crippen LogP contribution in [0, 0.1) is 6.92 Å². The summed E-state index contributed by atoms with van der Waals surface area (Å²) in [7, 11) is 0. The minimum absolute atomic E-state index is 0.0561. The number of amides is 1. The molecule has 1 heterocycles. The number of carbonyl (C=O) groups is 1. The number of anilines is 1. The first-order valence-corrected chi connectivity index (χ1v) is 7.78. The Morgan fingerprint density at radius 1 is 1.05 bits per heavy atom. The molecule has 0 bridgehead atoms. The molecular formula is C17H13NOS2. The van der Waals surface area contributed by atoms with Gasteiger partial charge < -0.3 is 0 Å². The molecule has 1 aliphatic rings. The summed E-state index contributed by atoms with van der Waals surface area (Å²) >= 11 is 6.70. The van der Waals surface area contributed by atoms with Gasteiger partial charge in [0.25, 0.3) is 5.91 Å². The van der Waals surface area contributed by atoms with Gasteiger partial charge in [-0.05, 0) is 36.3 Å². The molecule has 2 aromatic carbocycles. The van der Waals surface area contributed by atoms with Crippen LogP contribution in [-0.2, 0) is 4.79 Å². The molecule has 0 radical (unpaired) electrons. The molecule has 2 nitrogen and oxygen atoms in total. The Morgan fingerprint density at radius 2 is 1.71 bits per heavy atom. The average molecular weight is 311 g/mol. The predicted octanol–water partition coefficient (Wildman–Crippen LogP) is 4.40. The average Bonchev–Trinajstić information content (AvgIpc) is 2.77. The smallest absolute Gasteiger partial charge is 0.268 e. The first kappa shape index (κ1) is 14.0. The number of benzene rings is 2. The van der Waals surface area contributed by atoms with Gasteiger partial charge in [-0.3, -0.25) is 9.69 Å². The molecule has 0 N–H and O–H groups in total. The first-order valence-electron chi connectivity index (χ1n) is 6.55. The zero-order valence-corrected chi connectivity index (χ0v) is 13.1. The van der Waals surface area contributed by atoms with E-state index in [-0.39, 0.29) is 5.91 Å². The van der Waals surface area contributed by atoms with Crippen molar-refractivity contribution in [2.75, 3.05) is 4.90 Å². The van der Waals surface area contributed by atoms with Crippen LogP contribution in [0.1, 0.15) is 11.1 Å². The molecule has 1 aliphatic heterocycles. The number of thiocarbonyl (C=S) groups is 1. The van der Waals surface area contributed by atoms with E-state index in [0.717, 1.165) is 16.8 Å². The highest BCUT2D eigenvalue weighted by Gasteiger charge is 2.33. The third kappa shape index (κ3) is 2.77. The Morgan fingerprint density at radius 3 is 2.43 bits per heavy atom. The Bertz CT molecular complexity index is 737. The second-order valence-corrected chi connectivity index (χ2v) is 6.39. The second-order valence-electron chi connectivity index (χ2n) is 4.71. The fraction of sp³-hybridized carbons (Fsp3) is 0.0588. The molecule has 21 heavy (non-hydrogen) atoms. The van der Waals surface area contributed by atoms with Gasteiger partial charge in [0.15, 0.2) is 4.32 Å². The van der Waals surface area contributed by atoms with Gasteiger partial charge in [-0.2, -0.15) is 0 Å². The fourth-order valence-electron chi connectivity index (χ4n) is 2.16.